The molecule has 240 valence electrons. The zero-order valence-electron chi connectivity index (χ0n) is 26.3. The third-order valence-corrected chi connectivity index (χ3v) is 7.76. The Hall–Kier alpha value is -6.11. The second kappa shape index (κ2) is 17.0. The van der Waals surface area contributed by atoms with E-state index in [0.717, 1.165) is 34.6 Å². The van der Waals surface area contributed by atoms with Gasteiger partial charge in [-0.05, 0) is 79.2 Å². The standard InChI is InChI=1S/C23H20N4O2S.C13H11N3O2/c1-2-3-14-28-16-8-10-17(11-9-16)29-23-25-13-12-19(27-23)18(15-24)22-26-20-6-4-5-7-21(20)30-22;1-17-11-2-4-12(5-3-11)18-13-15-9-7-10(16-13)6-8-14/h4-13,18H,2-3,14H2,1H3;2-5,7,9H,6H2,1H3. The Bertz CT molecular complexity index is 1970. The molecule has 11 nitrogen and oxygen atoms in total. The second-order valence-electron chi connectivity index (χ2n) is 10.1. The normalized spacial score (nSPS) is 10.9. The molecule has 1 unspecified atom stereocenters. The number of nitriles is 2. The van der Waals surface area contributed by atoms with Gasteiger partial charge in [0.1, 0.15) is 33.9 Å². The number of benzene rings is 3. The van der Waals surface area contributed by atoms with Crippen LogP contribution in [0.25, 0.3) is 10.2 Å². The van der Waals surface area contributed by atoms with Crippen LogP contribution in [0.3, 0.4) is 0 Å². The van der Waals surface area contributed by atoms with Crippen molar-refractivity contribution in [3.63, 3.8) is 0 Å². The first-order valence-corrected chi connectivity index (χ1v) is 15.9. The molecule has 0 radical (unpaired) electrons. The highest BCUT2D eigenvalue weighted by molar-refractivity contribution is 7.18. The fourth-order valence-corrected chi connectivity index (χ4v) is 5.25. The van der Waals surface area contributed by atoms with Crippen LogP contribution < -0.4 is 18.9 Å². The predicted molar refractivity (Wildman–Crippen MR) is 180 cm³/mol. The van der Waals surface area contributed by atoms with Crippen LogP contribution in [-0.2, 0) is 6.42 Å². The zero-order valence-corrected chi connectivity index (χ0v) is 27.1. The number of aromatic nitrogens is 5. The molecule has 0 fully saturated rings. The Morgan fingerprint density at radius 3 is 2.04 bits per heavy atom. The number of unbranched alkanes of at least 4 members (excludes halogenated alkanes) is 1. The molecule has 48 heavy (non-hydrogen) atoms. The number of rotatable bonds is 12. The van der Waals surface area contributed by atoms with Crippen molar-refractivity contribution in [1.82, 2.24) is 24.9 Å². The largest absolute Gasteiger partial charge is 0.497 e. The lowest BCUT2D eigenvalue weighted by molar-refractivity contribution is 0.309. The van der Waals surface area contributed by atoms with Gasteiger partial charge >= 0.3 is 12.0 Å². The number of ether oxygens (including phenoxy) is 4. The summed E-state index contributed by atoms with van der Waals surface area (Å²) in [6.45, 7) is 2.82. The fraction of sp³-hybridized carbons (Fsp3) is 0.194. The molecule has 0 aliphatic heterocycles. The quantitative estimate of drug-likeness (QED) is 0.118. The van der Waals surface area contributed by atoms with Crippen molar-refractivity contribution in [2.75, 3.05) is 13.7 Å². The number of hydrogen-bond donors (Lipinski definition) is 0. The van der Waals surface area contributed by atoms with Crippen LogP contribution >= 0.6 is 11.3 Å². The van der Waals surface area contributed by atoms with E-state index in [4.69, 9.17) is 24.2 Å². The van der Waals surface area contributed by atoms with Crippen molar-refractivity contribution in [2.24, 2.45) is 0 Å². The maximum absolute atomic E-state index is 9.76. The van der Waals surface area contributed by atoms with Crippen LogP contribution in [0, 0.1) is 22.7 Å². The van der Waals surface area contributed by atoms with Crippen LogP contribution in [0.1, 0.15) is 42.1 Å². The van der Waals surface area contributed by atoms with Gasteiger partial charge in [0.05, 0.1) is 53.9 Å². The van der Waals surface area contributed by atoms with E-state index in [2.05, 4.69) is 37.9 Å². The summed E-state index contributed by atoms with van der Waals surface area (Å²) in [6.07, 6.45) is 5.51. The molecule has 6 aromatic rings. The van der Waals surface area contributed by atoms with Crippen molar-refractivity contribution in [3.8, 4) is 47.2 Å². The summed E-state index contributed by atoms with van der Waals surface area (Å²) in [7, 11) is 1.60. The smallest absolute Gasteiger partial charge is 0.322 e. The van der Waals surface area contributed by atoms with Crippen LogP contribution in [0.5, 0.6) is 35.0 Å². The van der Waals surface area contributed by atoms with Crippen LogP contribution in [0.15, 0.2) is 97.3 Å². The van der Waals surface area contributed by atoms with Crippen LogP contribution in [0.2, 0.25) is 0 Å². The van der Waals surface area contributed by atoms with E-state index in [9.17, 15) is 5.26 Å². The van der Waals surface area contributed by atoms with Gasteiger partial charge < -0.3 is 18.9 Å². The van der Waals surface area contributed by atoms with Crippen molar-refractivity contribution >= 4 is 21.6 Å². The van der Waals surface area contributed by atoms with E-state index in [1.165, 1.54) is 11.3 Å². The number of para-hydroxylation sites is 1. The van der Waals surface area contributed by atoms with E-state index >= 15 is 0 Å². The third kappa shape index (κ3) is 9.22. The van der Waals surface area contributed by atoms with Crippen molar-refractivity contribution in [2.45, 2.75) is 32.1 Å². The lowest BCUT2D eigenvalue weighted by Gasteiger charge is -2.09. The average molecular weight is 658 g/mol. The molecule has 0 aliphatic carbocycles. The Balaban J connectivity index is 0.000000214. The van der Waals surface area contributed by atoms with Gasteiger partial charge in [-0.25, -0.2) is 15.0 Å². The maximum atomic E-state index is 9.76. The van der Waals surface area contributed by atoms with E-state index in [1.807, 2.05) is 54.6 Å². The zero-order chi connectivity index (χ0) is 33.6. The van der Waals surface area contributed by atoms with Gasteiger partial charge in [-0.3, -0.25) is 0 Å². The van der Waals surface area contributed by atoms with Gasteiger partial charge in [0.2, 0.25) is 0 Å². The summed E-state index contributed by atoms with van der Waals surface area (Å²) in [4.78, 5) is 21.3. The first-order chi connectivity index (χ1) is 23.6. The van der Waals surface area contributed by atoms with E-state index in [-0.39, 0.29) is 18.4 Å². The Kier molecular flexibility index (Phi) is 11.8. The Labute approximate surface area is 282 Å². The van der Waals surface area contributed by atoms with Crippen molar-refractivity contribution in [1.29, 1.82) is 10.5 Å². The molecule has 0 spiro atoms. The minimum absolute atomic E-state index is 0.188. The predicted octanol–water partition coefficient (Wildman–Crippen LogP) is 8.06. The van der Waals surface area contributed by atoms with Crippen molar-refractivity contribution < 1.29 is 18.9 Å². The molecule has 6 rings (SSSR count). The summed E-state index contributed by atoms with van der Waals surface area (Å²) in [5.74, 6) is 2.18. The van der Waals surface area contributed by atoms with Gasteiger partial charge in [-0.2, -0.15) is 20.5 Å². The number of fused-ring (bicyclic) bond motifs is 1. The number of nitrogens with zero attached hydrogens (tertiary/aromatic N) is 7. The molecule has 0 saturated heterocycles. The van der Waals surface area contributed by atoms with Crippen molar-refractivity contribution in [3.05, 3.63) is 114 Å². The van der Waals surface area contributed by atoms with Crippen LogP contribution in [0.4, 0.5) is 0 Å². The molecule has 3 aromatic heterocycles. The Morgan fingerprint density at radius 2 is 1.40 bits per heavy atom. The fourth-order valence-electron chi connectivity index (χ4n) is 4.22. The molecule has 3 aromatic carbocycles. The first-order valence-electron chi connectivity index (χ1n) is 15.1. The molecular weight excluding hydrogens is 627 g/mol. The first kappa shape index (κ1) is 33.3. The van der Waals surface area contributed by atoms with Crippen LogP contribution in [-0.4, -0.2) is 38.6 Å². The molecule has 12 heteroatoms. The third-order valence-electron chi connectivity index (χ3n) is 6.66. The lowest BCUT2D eigenvalue weighted by atomic mass is 10.1. The van der Waals surface area contributed by atoms with Gasteiger partial charge in [0.25, 0.3) is 0 Å². The van der Waals surface area contributed by atoms with E-state index < -0.39 is 5.92 Å². The minimum atomic E-state index is -0.581. The van der Waals surface area contributed by atoms with Gasteiger partial charge in [-0.15, -0.1) is 11.3 Å². The average Bonchev–Trinajstić information content (AvgIpc) is 3.55. The summed E-state index contributed by atoms with van der Waals surface area (Å²) in [5.41, 5.74) is 2.07. The monoisotopic (exact) mass is 657 g/mol. The summed E-state index contributed by atoms with van der Waals surface area (Å²) in [5, 5.41) is 19.1. The number of thiazole rings is 1. The summed E-state index contributed by atoms with van der Waals surface area (Å²) in [6, 6.07) is 30.4. The second-order valence-corrected chi connectivity index (χ2v) is 11.1. The van der Waals surface area contributed by atoms with Gasteiger partial charge in [0, 0.05) is 12.4 Å². The molecule has 0 aliphatic rings. The topological polar surface area (TPSA) is 149 Å². The Morgan fingerprint density at radius 1 is 0.750 bits per heavy atom. The van der Waals surface area contributed by atoms with E-state index in [1.54, 1.807) is 55.9 Å². The highest BCUT2D eigenvalue weighted by Crippen LogP contribution is 2.31. The molecule has 0 saturated carbocycles. The van der Waals surface area contributed by atoms with Gasteiger partial charge in [0.15, 0.2) is 0 Å². The molecular formula is C36H31N7O4S. The molecule has 0 amide bonds. The lowest BCUT2D eigenvalue weighted by Crippen LogP contribution is -2.03. The summed E-state index contributed by atoms with van der Waals surface area (Å²) >= 11 is 1.50. The summed E-state index contributed by atoms with van der Waals surface area (Å²) < 4.78 is 23.0. The van der Waals surface area contributed by atoms with E-state index in [0.29, 0.717) is 34.5 Å². The molecule has 0 N–H and O–H groups in total. The minimum Gasteiger partial charge on any atom is -0.497 e. The highest BCUT2D eigenvalue weighted by Gasteiger charge is 2.20. The number of methoxy groups -OCH3 is 1. The highest BCUT2D eigenvalue weighted by atomic mass is 32.1. The number of hydrogen-bond acceptors (Lipinski definition) is 12. The maximum Gasteiger partial charge on any atom is 0.322 e. The SMILES string of the molecule is CCCCOc1ccc(Oc2nccc(C(C#N)c3nc4ccccc4s3)n2)cc1.COc1ccc(Oc2nccc(CC#N)n2)cc1. The molecule has 1 atom stereocenters. The molecule has 3 heterocycles. The molecule has 0 bridgehead atoms. The van der Waals surface area contributed by atoms with Gasteiger partial charge in [-0.1, -0.05) is 25.5 Å².